The molecule has 0 aliphatic rings. The average Bonchev–Trinajstić information content (AvgIpc) is 1.96. The van der Waals surface area contributed by atoms with Crippen LogP contribution in [0.4, 0.5) is 0 Å². The minimum Gasteiger partial charge on any atom is -0.383 e. The van der Waals surface area contributed by atoms with Crippen LogP contribution in [0, 0.1) is 11.3 Å². The lowest BCUT2D eigenvalue weighted by atomic mass is 10.4. The Morgan fingerprint density at radius 3 is 2.27 bits per heavy atom. The Labute approximate surface area is 67.7 Å². The molecule has 58 valence electrons. The summed E-state index contributed by atoms with van der Waals surface area (Å²) in [5.74, 6) is 0. The van der Waals surface area contributed by atoms with Gasteiger partial charge in [0.15, 0.2) is 0 Å². The van der Waals surface area contributed by atoms with Crippen LogP contribution in [-0.4, -0.2) is 19.0 Å². The van der Waals surface area contributed by atoms with Crippen molar-refractivity contribution in [2.24, 2.45) is 0 Å². The molecule has 0 heterocycles. The van der Waals surface area contributed by atoms with Crippen LogP contribution >= 0.6 is 0 Å². The molecule has 11 heavy (non-hydrogen) atoms. The van der Waals surface area contributed by atoms with Crippen molar-refractivity contribution in [1.29, 1.82) is 5.26 Å². The topological polar surface area (TPSA) is 27.0 Å². The number of nitrogens with zero attached hydrogens (tertiary/aromatic N) is 2. The van der Waals surface area contributed by atoms with Crippen LogP contribution in [0.2, 0.25) is 0 Å². The number of hydrogen-bond acceptors (Lipinski definition) is 2. The maximum Gasteiger partial charge on any atom is 0.0912 e. The summed E-state index contributed by atoms with van der Waals surface area (Å²) in [5.41, 5.74) is 0. The average molecular weight is 148 g/mol. The van der Waals surface area contributed by atoms with E-state index < -0.39 is 0 Å². The SMILES string of the molecule is CN(C)C=CC=CC=CC#N. The first-order valence-corrected chi connectivity index (χ1v) is 3.33. The Morgan fingerprint density at radius 1 is 1.09 bits per heavy atom. The zero-order chi connectivity index (χ0) is 8.53. The zero-order valence-electron chi connectivity index (χ0n) is 6.86. The van der Waals surface area contributed by atoms with Crippen LogP contribution in [0.15, 0.2) is 36.6 Å². The van der Waals surface area contributed by atoms with Crippen molar-refractivity contribution in [1.82, 2.24) is 4.90 Å². The summed E-state index contributed by atoms with van der Waals surface area (Å²) < 4.78 is 0. The van der Waals surface area contributed by atoms with E-state index in [-0.39, 0.29) is 0 Å². The van der Waals surface area contributed by atoms with E-state index in [1.807, 2.05) is 49.5 Å². The van der Waals surface area contributed by atoms with E-state index in [9.17, 15) is 0 Å². The van der Waals surface area contributed by atoms with Gasteiger partial charge in [-0.05, 0) is 12.3 Å². The number of hydrogen-bond donors (Lipinski definition) is 0. The summed E-state index contributed by atoms with van der Waals surface area (Å²) in [5, 5.41) is 8.11. The van der Waals surface area contributed by atoms with Crippen molar-refractivity contribution in [3.05, 3.63) is 36.6 Å². The third-order valence-electron chi connectivity index (χ3n) is 0.888. The molecular weight excluding hydrogens is 136 g/mol. The molecule has 0 amide bonds. The first-order chi connectivity index (χ1) is 5.27. The lowest BCUT2D eigenvalue weighted by Crippen LogP contribution is -1.99. The molecule has 0 aliphatic heterocycles. The summed E-state index contributed by atoms with van der Waals surface area (Å²) in [7, 11) is 3.91. The normalized spacial score (nSPS) is 11.4. The van der Waals surface area contributed by atoms with Gasteiger partial charge in [0.2, 0.25) is 0 Å². The van der Waals surface area contributed by atoms with Gasteiger partial charge in [-0.3, -0.25) is 0 Å². The highest BCUT2D eigenvalue weighted by atomic mass is 15.0. The molecule has 0 N–H and O–H groups in total. The fourth-order valence-electron chi connectivity index (χ4n) is 0.449. The van der Waals surface area contributed by atoms with Crippen LogP contribution in [0.1, 0.15) is 0 Å². The third kappa shape index (κ3) is 8.51. The third-order valence-corrected chi connectivity index (χ3v) is 0.888. The molecule has 0 rings (SSSR count). The molecule has 2 heteroatoms. The van der Waals surface area contributed by atoms with Crippen molar-refractivity contribution in [2.45, 2.75) is 0 Å². The predicted octanol–water partition coefficient (Wildman–Crippen LogP) is 1.70. The molecule has 0 saturated carbocycles. The Hall–Kier alpha value is -1.49. The molecule has 0 bridgehead atoms. The van der Waals surface area contributed by atoms with Gasteiger partial charge in [-0.25, -0.2) is 0 Å². The molecule has 0 spiro atoms. The van der Waals surface area contributed by atoms with Gasteiger partial charge in [0.05, 0.1) is 6.07 Å². The van der Waals surface area contributed by atoms with Gasteiger partial charge in [-0.1, -0.05) is 18.2 Å². The molecule has 0 aromatic carbocycles. The monoisotopic (exact) mass is 148 g/mol. The number of allylic oxidation sites excluding steroid dienone is 5. The lowest BCUT2D eigenvalue weighted by molar-refractivity contribution is 0.564. The van der Waals surface area contributed by atoms with E-state index in [0.29, 0.717) is 0 Å². The van der Waals surface area contributed by atoms with Crippen LogP contribution in [0.5, 0.6) is 0 Å². The first kappa shape index (κ1) is 9.51. The van der Waals surface area contributed by atoms with Crippen LogP contribution in [0.25, 0.3) is 0 Å². The summed E-state index contributed by atoms with van der Waals surface area (Å²) in [4.78, 5) is 1.94. The second kappa shape index (κ2) is 6.63. The fraction of sp³-hybridized carbons (Fsp3) is 0.222. The van der Waals surface area contributed by atoms with Gasteiger partial charge in [-0.2, -0.15) is 5.26 Å². The highest BCUT2D eigenvalue weighted by Gasteiger charge is 1.69. The van der Waals surface area contributed by atoms with Crippen LogP contribution in [-0.2, 0) is 0 Å². The van der Waals surface area contributed by atoms with Crippen molar-refractivity contribution < 1.29 is 0 Å². The van der Waals surface area contributed by atoms with Gasteiger partial charge in [0.25, 0.3) is 0 Å². The fourth-order valence-corrected chi connectivity index (χ4v) is 0.449. The summed E-state index contributed by atoms with van der Waals surface area (Å²) in [6.45, 7) is 0. The highest BCUT2D eigenvalue weighted by Crippen LogP contribution is 1.81. The Bertz CT molecular complexity index is 204. The van der Waals surface area contributed by atoms with E-state index in [4.69, 9.17) is 5.26 Å². The molecule has 2 nitrogen and oxygen atoms in total. The Balaban J connectivity index is 3.62. The van der Waals surface area contributed by atoms with Crippen LogP contribution < -0.4 is 0 Å². The molecule has 0 aromatic rings. The first-order valence-electron chi connectivity index (χ1n) is 3.33. The van der Waals surface area contributed by atoms with E-state index in [2.05, 4.69) is 0 Å². The molecule has 0 unspecified atom stereocenters. The second-order valence-electron chi connectivity index (χ2n) is 2.18. The van der Waals surface area contributed by atoms with Crippen molar-refractivity contribution in [3.8, 4) is 6.07 Å². The molecule has 0 saturated heterocycles. The Kier molecular flexibility index (Phi) is 5.73. The standard InChI is InChI=1S/C9H12N2/c1-11(2)9-7-5-3-4-6-8-10/h3-7,9H,1-2H3. The molecule has 0 aromatic heterocycles. The molecule has 0 fully saturated rings. The van der Waals surface area contributed by atoms with Gasteiger partial charge in [-0.15, -0.1) is 0 Å². The largest absolute Gasteiger partial charge is 0.383 e. The van der Waals surface area contributed by atoms with Crippen molar-refractivity contribution in [2.75, 3.05) is 14.1 Å². The van der Waals surface area contributed by atoms with Gasteiger partial charge in [0, 0.05) is 20.2 Å². The van der Waals surface area contributed by atoms with Crippen molar-refractivity contribution >= 4 is 0 Å². The smallest absolute Gasteiger partial charge is 0.0912 e. The minimum absolute atomic E-state index is 1.43. The van der Waals surface area contributed by atoms with E-state index in [1.54, 1.807) is 6.08 Å². The van der Waals surface area contributed by atoms with Gasteiger partial charge >= 0.3 is 0 Å². The summed E-state index contributed by atoms with van der Waals surface area (Å²) in [6.07, 6.45) is 10.6. The predicted molar refractivity (Wildman–Crippen MR) is 46.7 cm³/mol. The Morgan fingerprint density at radius 2 is 1.73 bits per heavy atom. The molecule has 0 radical (unpaired) electrons. The second-order valence-corrected chi connectivity index (χ2v) is 2.18. The maximum atomic E-state index is 8.11. The van der Waals surface area contributed by atoms with Gasteiger partial charge in [0.1, 0.15) is 0 Å². The number of rotatable bonds is 3. The molecular formula is C9H12N2. The van der Waals surface area contributed by atoms with Crippen molar-refractivity contribution in [3.63, 3.8) is 0 Å². The maximum absolute atomic E-state index is 8.11. The summed E-state index contributed by atoms with van der Waals surface area (Å²) >= 11 is 0. The van der Waals surface area contributed by atoms with E-state index >= 15 is 0 Å². The minimum atomic E-state index is 1.43. The quantitative estimate of drug-likeness (QED) is 0.450. The molecule has 0 aliphatic carbocycles. The highest BCUT2D eigenvalue weighted by molar-refractivity contribution is 5.15. The molecule has 0 atom stereocenters. The lowest BCUT2D eigenvalue weighted by Gasteiger charge is -2.00. The van der Waals surface area contributed by atoms with E-state index in [1.165, 1.54) is 6.08 Å². The van der Waals surface area contributed by atoms with Gasteiger partial charge < -0.3 is 4.90 Å². The number of nitriles is 1. The van der Waals surface area contributed by atoms with E-state index in [0.717, 1.165) is 0 Å². The van der Waals surface area contributed by atoms with Crippen LogP contribution in [0.3, 0.4) is 0 Å². The summed E-state index contributed by atoms with van der Waals surface area (Å²) in [6, 6.07) is 1.90. The zero-order valence-corrected chi connectivity index (χ0v) is 6.86.